The van der Waals surface area contributed by atoms with Gasteiger partial charge in [-0.2, -0.15) is 18.2 Å². The number of aromatic nitrogens is 2. The van der Waals surface area contributed by atoms with Crippen molar-refractivity contribution in [1.82, 2.24) is 9.78 Å². The lowest BCUT2D eigenvalue weighted by Crippen LogP contribution is -2.26. The minimum atomic E-state index is -4.68. The molecule has 0 amide bonds. The third-order valence-corrected chi connectivity index (χ3v) is 4.94. The predicted octanol–water partition coefficient (Wildman–Crippen LogP) is 2.32. The highest BCUT2D eigenvalue weighted by Crippen LogP contribution is 2.23. The highest BCUT2D eigenvalue weighted by molar-refractivity contribution is 7.87. The molecule has 0 aliphatic carbocycles. The van der Waals surface area contributed by atoms with Gasteiger partial charge in [0, 0.05) is 0 Å². The summed E-state index contributed by atoms with van der Waals surface area (Å²) < 4.78 is 49.5. The molecule has 0 aliphatic heterocycles. The second kappa shape index (κ2) is 8.23. The average molecular weight is 418 g/mol. The van der Waals surface area contributed by atoms with Gasteiger partial charge in [0.15, 0.2) is 5.75 Å². The van der Waals surface area contributed by atoms with E-state index in [2.05, 4.69) is 5.10 Å². The fourth-order valence-corrected chi connectivity index (χ4v) is 3.41. The number of halogens is 1. The molecule has 0 spiro atoms. The Morgan fingerprint density at radius 1 is 1.10 bits per heavy atom. The number of hydrogen-bond donors (Lipinski definition) is 0. The summed E-state index contributed by atoms with van der Waals surface area (Å²) in [5.74, 6) is -2.71. The van der Waals surface area contributed by atoms with Crippen LogP contribution in [-0.2, 0) is 14.9 Å². The maximum Gasteiger partial charge on any atom is 0.362 e. The SMILES string of the molecule is CCOC(=O)c1nn(-c2ccccc2)c(=O)cc1OS(=O)(=O)c1ccccc1F. The number of esters is 1. The molecule has 3 aromatic rings. The van der Waals surface area contributed by atoms with Gasteiger partial charge in [0.1, 0.15) is 10.7 Å². The first kappa shape index (κ1) is 20.2. The van der Waals surface area contributed by atoms with Gasteiger partial charge >= 0.3 is 16.1 Å². The van der Waals surface area contributed by atoms with E-state index in [1.807, 2.05) is 0 Å². The van der Waals surface area contributed by atoms with Gasteiger partial charge in [-0.25, -0.2) is 9.18 Å². The summed E-state index contributed by atoms with van der Waals surface area (Å²) in [5, 5.41) is 3.91. The minimum Gasteiger partial charge on any atom is -0.461 e. The third-order valence-electron chi connectivity index (χ3n) is 3.67. The third kappa shape index (κ3) is 4.32. The summed E-state index contributed by atoms with van der Waals surface area (Å²) in [7, 11) is -4.68. The van der Waals surface area contributed by atoms with Crippen molar-refractivity contribution in [2.24, 2.45) is 0 Å². The smallest absolute Gasteiger partial charge is 0.362 e. The van der Waals surface area contributed by atoms with Crippen LogP contribution in [-0.4, -0.2) is 30.8 Å². The van der Waals surface area contributed by atoms with Gasteiger partial charge in [-0.1, -0.05) is 30.3 Å². The quantitative estimate of drug-likeness (QED) is 0.447. The molecule has 0 saturated heterocycles. The molecule has 0 aliphatic rings. The van der Waals surface area contributed by atoms with Crippen LogP contribution in [0.5, 0.6) is 5.75 Å². The van der Waals surface area contributed by atoms with Crippen LogP contribution >= 0.6 is 0 Å². The molecule has 0 saturated carbocycles. The van der Waals surface area contributed by atoms with Crippen LogP contribution in [0.4, 0.5) is 4.39 Å². The van der Waals surface area contributed by atoms with E-state index in [1.54, 1.807) is 37.3 Å². The lowest BCUT2D eigenvalue weighted by Gasteiger charge is -2.12. The normalized spacial score (nSPS) is 11.1. The summed E-state index contributed by atoms with van der Waals surface area (Å²) in [6, 6.07) is 13.5. The van der Waals surface area contributed by atoms with Crippen molar-refractivity contribution in [3.8, 4) is 11.4 Å². The van der Waals surface area contributed by atoms with Crippen LogP contribution in [0.1, 0.15) is 17.4 Å². The topological polar surface area (TPSA) is 105 Å². The highest BCUT2D eigenvalue weighted by atomic mass is 32.2. The zero-order valence-corrected chi connectivity index (χ0v) is 15.9. The summed E-state index contributed by atoms with van der Waals surface area (Å²) >= 11 is 0. The summed E-state index contributed by atoms with van der Waals surface area (Å²) in [6.45, 7) is 1.52. The first-order valence-corrected chi connectivity index (χ1v) is 9.80. The number of ether oxygens (including phenoxy) is 1. The standard InChI is InChI=1S/C19H15FN2O6S/c1-2-27-19(24)18-15(28-29(25,26)16-11-7-6-10-14(16)20)12-17(23)22(21-18)13-8-4-3-5-9-13/h3-12H,2H2,1H3. The molecule has 150 valence electrons. The maximum absolute atomic E-state index is 13.9. The van der Waals surface area contributed by atoms with E-state index in [1.165, 1.54) is 12.1 Å². The van der Waals surface area contributed by atoms with Crippen molar-refractivity contribution in [1.29, 1.82) is 0 Å². The lowest BCUT2D eigenvalue weighted by molar-refractivity contribution is 0.0515. The Morgan fingerprint density at radius 3 is 2.41 bits per heavy atom. The monoisotopic (exact) mass is 418 g/mol. The molecule has 29 heavy (non-hydrogen) atoms. The lowest BCUT2D eigenvalue weighted by atomic mass is 10.3. The zero-order valence-electron chi connectivity index (χ0n) is 15.1. The zero-order chi connectivity index (χ0) is 21.0. The first-order valence-electron chi connectivity index (χ1n) is 8.39. The van der Waals surface area contributed by atoms with E-state index in [0.29, 0.717) is 5.69 Å². The number of nitrogens with zero attached hydrogens (tertiary/aromatic N) is 2. The van der Waals surface area contributed by atoms with Crippen LogP contribution in [0.25, 0.3) is 5.69 Å². The van der Waals surface area contributed by atoms with Crippen LogP contribution in [0.15, 0.2) is 70.4 Å². The van der Waals surface area contributed by atoms with Crippen molar-refractivity contribution in [3.63, 3.8) is 0 Å². The molecule has 0 radical (unpaired) electrons. The van der Waals surface area contributed by atoms with Crippen molar-refractivity contribution in [3.05, 3.63) is 82.5 Å². The van der Waals surface area contributed by atoms with E-state index < -0.39 is 43.8 Å². The van der Waals surface area contributed by atoms with Gasteiger partial charge in [-0.3, -0.25) is 4.79 Å². The van der Waals surface area contributed by atoms with Crippen molar-refractivity contribution in [2.45, 2.75) is 11.8 Å². The Kier molecular flexibility index (Phi) is 5.74. The molecule has 0 N–H and O–H groups in total. The van der Waals surface area contributed by atoms with Crippen molar-refractivity contribution in [2.75, 3.05) is 6.61 Å². The largest absolute Gasteiger partial charge is 0.461 e. The number of carbonyl (C=O) groups excluding carboxylic acids is 1. The molecule has 2 aromatic carbocycles. The van der Waals surface area contributed by atoms with Crippen LogP contribution in [0.3, 0.4) is 0 Å². The van der Waals surface area contributed by atoms with E-state index in [4.69, 9.17) is 8.92 Å². The molecule has 8 nitrogen and oxygen atoms in total. The maximum atomic E-state index is 13.9. The molecule has 1 aromatic heterocycles. The molecule has 3 rings (SSSR count). The Hall–Kier alpha value is -3.53. The molecule has 1 heterocycles. The van der Waals surface area contributed by atoms with Gasteiger partial charge in [-0.05, 0) is 31.2 Å². The molecule has 0 fully saturated rings. The van der Waals surface area contributed by atoms with Crippen LogP contribution < -0.4 is 9.74 Å². The predicted molar refractivity (Wildman–Crippen MR) is 100 cm³/mol. The van der Waals surface area contributed by atoms with E-state index in [9.17, 15) is 22.4 Å². The van der Waals surface area contributed by atoms with Gasteiger partial charge in [0.2, 0.25) is 5.69 Å². The second-order valence-electron chi connectivity index (χ2n) is 5.63. The number of para-hydroxylation sites is 1. The Balaban J connectivity index is 2.13. The van der Waals surface area contributed by atoms with Crippen LogP contribution in [0.2, 0.25) is 0 Å². The van der Waals surface area contributed by atoms with Gasteiger partial charge in [-0.15, -0.1) is 0 Å². The fraction of sp³-hybridized carbons (Fsp3) is 0.105. The van der Waals surface area contributed by atoms with Crippen molar-refractivity contribution < 1.29 is 26.5 Å². The van der Waals surface area contributed by atoms with E-state index in [-0.39, 0.29) is 6.61 Å². The van der Waals surface area contributed by atoms with Gasteiger partial charge < -0.3 is 8.92 Å². The number of rotatable bonds is 6. The molecule has 10 heteroatoms. The fourth-order valence-electron chi connectivity index (χ4n) is 2.41. The second-order valence-corrected chi connectivity index (χ2v) is 7.15. The van der Waals surface area contributed by atoms with Gasteiger partial charge in [0.05, 0.1) is 18.4 Å². The molecule has 0 unspecified atom stereocenters. The summed E-state index contributed by atoms with van der Waals surface area (Å²) in [5.41, 5.74) is -0.968. The molecule has 0 bridgehead atoms. The molecular weight excluding hydrogens is 403 g/mol. The number of carbonyl (C=O) groups is 1. The summed E-state index contributed by atoms with van der Waals surface area (Å²) in [6.07, 6.45) is 0. The summed E-state index contributed by atoms with van der Waals surface area (Å²) in [4.78, 5) is 24.0. The first-order chi connectivity index (χ1) is 13.8. The van der Waals surface area contributed by atoms with Crippen LogP contribution in [0, 0.1) is 5.82 Å². The number of benzene rings is 2. The molecule has 0 atom stereocenters. The Morgan fingerprint density at radius 2 is 1.76 bits per heavy atom. The minimum absolute atomic E-state index is 0.0233. The van der Waals surface area contributed by atoms with Crippen molar-refractivity contribution >= 4 is 16.1 Å². The van der Waals surface area contributed by atoms with E-state index in [0.717, 1.165) is 22.9 Å². The molecular formula is C19H15FN2O6S. The number of hydrogen-bond acceptors (Lipinski definition) is 7. The Bertz CT molecular complexity index is 1210. The van der Waals surface area contributed by atoms with Gasteiger partial charge in [0.25, 0.3) is 5.56 Å². The Labute approximate surface area is 165 Å². The average Bonchev–Trinajstić information content (AvgIpc) is 2.69. The highest BCUT2D eigenvalue weighted by Gasteiger charge is 2.27. The van der Waals surface area contributed by atoms with E-state index >= 15 is 0 Å².